The van der Waals surface area contributed by atoms with Crippen molar-refractivity contribution in [3.05, 3.63) is 53.0 Å². The highest BCUT2D eigenvalue weighted by atomic mass is 16.3. The zero-order valence-corrected chi connectivity index (χ0v) is 14.0. The minimum Gasteiger partial charge on any atom is -0.443 e. The van der Waals surface area contributed by atoms with Crippen LogP contribution in [0.15, 0.2) is 34.7 Å². The maximum absolute atomic E-state index is 9.33. The number of aromatic nitrogens is 2. The molecule has 126 valence electrons. The molecule has 0 saturated carbocycles. The normalized spacial score (nSPS) is 11.5. The van der Waals surface area contributed by atoms with Crippen LogP contribution in [0.4, 0.5) is 5.82 Å². The Morgan fingerprint density at radius 2 is 1.88 bits per heavy atom. The molecule has 0 spiro atoms. The highest BCUT2D eigenvalue weighted by Crippen LogP contribution is 2.27. The summed E-state index contributed by atoms with van der Waals surface area (Å²) in [5.74, 6) is 1.84. The molecule has 0 aliphatic carbocycles. The van der Waals surface area contributed by atoms with Gasteiger partial charge < -0.3 is 15.3 Å². The first-order valence-corrected chi connectivity index (χ1v) is 7.97. The van der Waals surface area contributed by atoms with E-state index in [9.17, 15) is 5.11 Å². The molecule has 3 aromatic rings. The van der Waals surface area contributed by atoms with E-state index in [0.29, 0.717) is 37.0 Å². The summed E-state index contributed by atoms with van der Waals surface area (Å²) in [6.45, 7) is 5.65. The summed E-state index contributed by atoms with van der Waals surface area (Å²) in [6.07, 6.45) is 0. The van der Waals surface area contributed by atoms with Crippen molar-refractivity contribution in [2.24, 2.45) is 0 Å². The van der Waals surface area contributed by atoms with Gasteiger partial charge in [0.1, 0.15) is 17.4 Å². The first-order valence-electron chi connectivity index (χ1n) is 7.97. The van der Waals surface area contributed by atoms with Crippen LogP contribution in [0.25, 0.3) is 11.1 Å². The van der Waals surface area contributed by atoms with Crippen molar-refractivity contribution in [1.82, 2.24) is 14.9 Å². The van der Waals surface area contributed by atoms with Gasteiger partial charge in [-0.15, -0.1) is 0 Å². The largest absolute Gasteiger partial charge is 0.443 e. The van der Waals surface area contributed by atoms with Crippen molar-refractivity contribution in [3.8, 4) is 0 Å². The molecule has 0 saturated heterocycles. The number of aliphatic hydroxyl groups excluding tert-OH is 1. The number of nitrogen functional groups attached to an aromatic ring is 1. The highest BCUT2D eigenvalue weighted by molar-refractivity contribution is 5.88. The van der Waals surface area contributed by atoms with Gasteiger partial charge in [-0.05, 0) is 19.4 Å². The molecule has 0 amide bonds. The number of hydrogen-bond acceptors (Lipinski definition) is 6. The molecule has 0 aliphatic heterocycles. The Kier molecular flexibility index (Phi) is 4.78. The fraction of sp³-hybridized carbons (Fsp3) is 0.333. The van der Waals surface area contributed by atoms with Crippen LogP contribution < -0.4 is 5.73 Å². The molecule has 2 aromatic heterocycles. The van der Waals surface area contributed by atoms with Crippen LogP contribution in [0.2, 0.25) is 0 Å². The van der Waals surface area contributed by atoms with Gasteiger partial charge in [0.15, 0.2) is 0 Å². The van der Waals surface area contributed by atoms with E-state index in [-0.39, 0.29) is 6.61 Å². The zero-order valence-electron chi connectivity index (χ0n) is 14.0. The number of hydrogen-bond donors (Lipinski definition) is 2. The molecule has 3 rings (SSSR count). The minimum atomic E-state index is 0.0729. The molecule has 0 radical (unpaired) electrons. The van der Waals surface area contributed by atoms with Gasteiger partial charge >= 0.3 is 0 Å². The Hall–Kier alpha value is -2.44. The number of nitrogens with zero attached hydrogens (tertiary/aromatic N) is 3. The molecule has 24 heavy (non-hydrogen) atoms. The lowest BCUT2D eigenvalue weighted by Crippen LogP contribution is -2.27. The second kappa shape index (κ2) is 6.98. The molecule has 0 aliphatic rings. The topological polar surface area (TPSA) is 88.4 Å². The van der Waals surface area contributed by atoms with Gasteiger partial charge in [0.05, 0.1) is 18.5 Å². The lowest BCUT2D eigenvalue weighted by molar-refractivity contribution is 0.181. The predicted molar refractivity (Wildman–Crippen MR) is 93.3 cm³/mol. The highest BCUT2D eigenvalue weighted by Gasteiger charge is 2.16. The summed E-state index contributed by atoms with van der Waals surface area (Å²) >= 11 is 0. The minimum absolute atomic E-state index is 0.0729. The number of aryl methyl sites for hydroxylation is 2. The van der Waals surface area contributed by atoms with E-state index in [1.807, 2.05) is 32.0 Å². The number of fused-ring (bicyclic) bond motifs is 1. The maximum Gasteiger partial charge on any atom is 0.231 e. The van der Waals surface area contributed by atoms with Crippen LogP contribution in [-0.2, 0) is 13.1 Å². The summed E-state index contributed by atoms with van der Waals surface area (Å²) in [5, 5.41) is 10.1. The monoisotopic (exact) mass is 326 g/mol. The number of rotatable bonds is 6. The van der Waals surface area contributed by atoms with Gasteiger partial charge in [0.2, 0.25) is 5.71 Å². The molecular weight excluding hydrogens is 304 g/mol. The first-order chi connectivity index (χ1) is 11.6. The third-order valence-electron chi connectivity index (χ3n) is 4.13. The van der Waals surface area contributed by atoms with Crippen molar-refractivity contribution in [1.29, 1.82) is 0 Å². The van der Waals surface area contributed by atoms with E-state index in [1.165, 1.54) is 5.56 Å². The summed E-state index contributed by atoms with van der Waals surface area (Å²) in [6, 6.07) is 10.1. The van der Waals surface area contributed by atoms with Crippen LogP contribution in [0.1, 0.15) is 22.7 Å². The van der Waals surface area contributed by atoms with Gasteiger partial charge in [-0.1, -0.05) is 30.3 Å². The van der Waals surface area contributed by atoms with E-state index >= 15 is 0 Å². The molecule has 2 heterocycles. The first kappa shape index (κ1) is 16.4. The smallest absolute Gasteiger partial charge is 0.231 e. The van der Waals surface area contributed by atoms with Gasteiger partial charge in [0.25, 0.3) is 0 Å². The van der Waals surface area contributed by atoms with Crippen LogP contribution in [0, 0.1) is 13.8 Å². The fourth-order valence-corrected chi connectivity index (χ4v) is 2.79. The quantitative estimate of drug-likeness (QED) is 0.723. The Morgan fingerprint density at radius 1 is 1.12 bits per heavy atom. The average molecular weight is 326 g/mol. The molecule has 0 unspecified atom stereocenters. The van der Waals surface area contributed by atoms with E-state index in [1.54, 1.807) is 0 Å². The SMILES string of the molecule is Cc1oc2nc(CN(CCO)Cc3ccccc3)nc(N)c2c1C. The van der Waals surface area contributed by atoms with Crippen molar-refractivity contribution in [2.75, 3.05) is 18.9 Å². The summed E-state index contributed by atoms with van der Waals surface area (Å²) in [4.78, 5) is 11.0. The van der Waals surface area contributed by atoms with Crippen molar-refractivity contribution >= 4 is 16.9 Å². The number of aliphatic hydroxyl groups is 1. The van der Waals surface area contributed by atoms with Gasteiger partial charge in [-0.3, -0.25) is 4.90 Å². The van der Waals surface area contributed by atoms with E-state index < -0.39 is 0 Å². The van der Waals surface area contributed by atoms with E-state index in [2.05, 4.69) is 27.0 Å². The number of furan rings is 1. The lowest BCUT2D eigenvalue weighted by atomic mass is 10.2. The number of nitrogens with two attached hydrogens (primary N) is 1. The Morgan fingerprint density at radius 3 is 2.58 bits per heavy atom. The molecule has 6 nitrogen and oxygen atoms in total. The number of benzene rings is 1. The fourth-order valence-electron chi connectivity index (χ4n) is 2.79. The Bertz CT molecular complexity index is 830. The molecule has 3 N–H and O–H groups in total. The zero-order chi connectivity index (χ0) is 17.1. The molecule has 0 fully saturated rings. The summed E-state index contributed by atoms with van der Waals surface area (Å²) in [7, 11) is 0. The van der Waals surface area contributed by atoms with Gasteiger partial charge in [-0.25, -0.2) is 4.98 Å². The van der Waals surface area contributed by atoms with Crippen LogP contribution in [0.5, 0.6) is 0 Å². The van der Waals surface area contributed by atoms with Crippen molar-refractivity contribution < 1.29 is 9.52 Å². The number of anilines is 1. The average Bonchev–Trinajstić information content (AvgIpc) is 2.83. The molecule has 0 atom stereocenters. The molecule has 6 heteroatoms. The molecule has 0 bridgehead atoms. The summed E-state index contributed by atoms with van der Waals surface area (Å²) < 4.78 is 5.68. The second-order valence-electron chi connectivity index (χ2n) is 5.91. The third kappa shape index (κ3) is 3.39. The van der Waals surface area contributed by atoms with E-state index in [0.717, 1.165) is 16.7 Å². The lowest BCUT2D eigenvalue weighted by Gasteiger charge is -2.20. The van der Waals surface area contributed by atoms with Crippen LogP contribution >= 0.6 is 0 Å². The van der Waals surface area contributed by atoms with Crippen LogP contribution in [0.3, 0.4) is 0 Å². The maximum atomic E-state index is 9.33. The third-order valence-corrected chi connectivity index (χ3v) is 4.13. The predicted octanol–water partition coefficient (Wildman–Crippen LogP) is 2.42. The van der Waals surface area contributed by atoms with E-state index in [4.69, 9.17) is 10.2 Å². The Balaban J connectivity index is 1.85. The second-order valence-corrected chi connectivity index (χ2v) is 5.91. The molecular formula is C18H22N4O2. The van der Waals surface area contributed by atoms with Crippen LogP contribution in [-0.4, -0.2) is 33.1 Å². The standard InChI is InChI=1S/C18H22N4O2/c1-12-13(2)24-18-16(12)17(19)20-15(21-18)11-22(8-9-23)10-14-6-4-3-5-7-14/h3-7,23H,8-11H2,1-2H3,(H2,19,20,21). The van der Waals surface area contributed by atoms with Crippen molar-refractivity contribution in [2.45, 2.75) is 26.9 Å². The Labute approximate surface area is 140 Å². The van der Waals surface area contributed by atoms with Crippen molar-refractivity contribution in [3.63, 3.8) is 0 Å². The molecule has 1 aromatic carbocycles. The summed E-state index contributed by atoms with van der Waals surface area (Å²) in [5.41, 5.74) is 8.77. The van der Waals surface area contributed by atoms with Gasteiger partial charge in [-0.2, -0.15) is 4.98 Å². The van der Waals surface area contributed by atoms with Gasteiger partial charge in [0, 0.05) is 18.7 Å².